The number of carbonyl (C=O) groups excluding carboxylic acids is 1. The van der Waals surface area contributed by atoms with Gasteiger partial charge in [-0.2, -0.15) is 4.31 Å². The molecule has 0 aliphatic carbocycles. The van der Waals surface area contributed by atoms with Gasteiger partial charge in [0.1, 0.15) is 5.75 Å². The first-order valence-corrected chi connectivity index (χ1v) is 11.7. The highest BCUT2D eigenvalue weighted by atomic mass is 35.5. The van der Waals surface area contributed by atoms with Gasteiger partial charge in [0.2, 0.25) is 15.9 Å². The van der Waals surface area contributed by atoms with Crippen LogP contribution in [0.4, 0.5) is 5.69 Å². The first-order valence-electron chi connectivity index (χ1n) is 9.66. The number of halogens is 1. The van der Waals surface area contributed by atoms with Crippen LogP contribution in [0.25, 0.3) is 0 Å². The molecule has 0 unspecified atom stereocenters. The molecule has 0 atom stereocenters. The Morgan fingerprint density at radius 1 is 1.13 bits per heavy atom. The maximum atomic E-state index is 12.7. The minimum absolute atomic E-state index is 0.00988. The molecule has 0 radical (unpaired) electrons. The maximum Gasteiger partial charge on any atom is 0.238 e. The highest BCUT2D eigenvalue weighted by Gasteiger charge is 2.28. The predicted octanol–water partition coefficient (Wildman–Crippen LogP) is 2.74. The van der Waals surface area contributed by atoms with Crippen molar-refractivity contribution < 1.29 is 17.9 Å². The van der Waals surface area contributed by atoms with Crippen molar-refractivity contribution in [3.63, 3.8) is 0 Å². The first-order chi connectivity index (χ1) is 14.3. The van der Waals surface area contributed by atoms with Gasteiger partial charge < -0.3 is 10.1 Å². The van der Waals surface area contributed by atoms with Gasteiger partial charge in [0.25, 0.3) is 0 Å². The van der Waals surface area contributed by atoms with Gasteiger partial charge in [-0.3, -0.25) is 9.69 Å². The summed E-state index contributed by atoms with van der Waals surface area (Å²) in [6, 6.07) is 12.6. The molecule has 1 N–H and O–H groups in total. The lowest BCUT2D eigenvalue weighted by Gasteiger charge is -2.33. The summed E-state index contributed by atoms with van der Waals surface area (Å²) in [5, 5.41) is 3.42. The number of piperazine rings is 1. The molecule has 7 nitrogen and oxygen atoms in total. The van der Waals surface area contributed by atoms with Crippen LogP contribution in [0.3, 0.4) is 0 Å². The highest BCUT2D eigenvalue weighted by molar-refractivity contribution is 7.88. The van der Waals surface area contributed by atoms with Gasteiger partial charge in [-0.15, -0.1) is 0 Å². The molecule has 30 heavy (non-hydrogen) atoms. The molecule has 1 aliphatic heterocycles. The molecule has 2 aromatic rings. The Hall–Kier alpha value is -2.13. The van der Waals surface area contributed by atoms with Gasteiger partial charge in [-0.05, 0) is 24.1 Å². The van der Waals surface area contributed by atoms with Crippen molar-refractivity contribution in [2.24, 2.45) is 0 Å². The second-order valence-electron chi connectivity index (χ2n) is 7.27. The summed E-state index contributed by atoms with van der Waals surface area (Å²) in [5.74, 6) is 0.302. The van der Waals surface area contributed by atoms with Crippen LogP contribution in [0.1, 0.15) is 11.1 Å². The number of ether oxygens (including phenoxy) is 1. The third-order valence-corrected chi connectivity index (χ3v) is 7.30. The minimum Gasteiger partial charge on any atom is -0.495 e. The Morgan fingerprint density at radius 3 is 2.43 bits per heavy atom. The topological polar surface area (TPSA) is 79.0 Å². The molecule has 162 valence electrons. The molecule has 0 saturated carbocycles. The van der Waals surface area contributed by atoms with Crippen molar-refractivity contribution in [3.8, 4) is 5.75 Å². The molecule has 9 heteroatoms. The monoisotopic (exact) mass is 451 g/mol. The minimum atomic E-state index is -3.38. The van der Waals surface area contributed by atoms with Gasteiger partial charge in [0, 0.05) is 37.3 Å². The summed E-state index contributed by atoms with van der Waals surface area (Å²) in [6.07, 6.45) is 0. The van der Waals surface area contributed by atoms with E-state index in [0.717, 1.165) is 11.1 Å². The van der Waals surface area contributed by atoms with Gasteiger partial charge in [0.05, 0.1) is 25.1 Å². The van der Waals surface area contributed by atoms with E-state index in [4.69, 9.17) is 16.3 Å². The van der Waals surface area contributed by atoms with Crippen LogP contribution < -0.4 is 10.1 Å². The average molecular weight is 452 g/mol. The van der Waals surface area contributed by atoms with Crippen LogP contribution >= 0.6 is 11.6 Å². The van der Waals surface area contributed by atoms with Crippen LogP contribution in [-0.2, 0) is 20.6 Å². The number of anilines is 1. The van der Waals surface area contributed by atoms with Crippen molar-refractivity contribution in [2.75, 3.05) is 45.2 Å². The molecule has 0 bridgehead atoms. The summed E-state index contributed by atoms with van der Waals surface area (Å²) >= 11 is 6.10. The van der Waals surface area contributed by atoms with E-state index in [1.54, 1.807) is 12.1 Å². The van der Waals surface area contributed by atoms with Crippen molar-refractivity contribution in [1.82, 2.24) is 9.21 Å². The summed E-state index contributed by atoms with van der Waals surface area (Å²) in [7, 11) is -1.86. The van der Waals surface area contributed by atoms with E-state index in [1.165, 1.54) is 11.4 Å². The number of rotatable bonds is 7. The lowest BCUT2D eigenvalue weighted by molar-refractivity contribution is -0.117. The molecule has 2 aromatic carbocycles. The van der Waals surface area contributed by atoms with Crippen LogP contribution in [0, 0.1) is 6.92 Å². The van der Waals surface area contributed by atoms with Crippen LogP contribution in [-0.4, -0.2) is 63.4 Å². The van der Waals surface area contributed by atoms with Gasteiger partial charge in [0.15, 0.2) is 0 Å². The number of hydrogen-bond donors (Lipinski definition) is 1. The van der Waals surface area contributed by atoms with Crippen molar-refractivity contribution in [3.05, 3.63) is 58.6 Å². The normalized spacial score (nSPS) is 15.7. The van der Waals surface area contributed by atoms with E-state index < -0.39 is 10.0 Å². The molecule has 0 aromatic heterocycles. The maximum absolute atomic E-state index is 12.7. The van der Waals surface area contributed by atoms with E-state index in [9.17, 15) is 13.2 Å². The lowest BCUT2D eigenvalue weighted by atomic mass is 10.2. The Bertz CT molecular complexity index is 991. The lowest BCUT2D eigenvalue weighted by Crippen LogP contribution is -2.50. The summed E-state index contributed by atoms with van der Waals surface area (Å²) < 4.78 is 32.1. The van der Waals surface area contributed by atoms with Crippen LogP contribution in [0.5, 0.6) is 5.75 Å². The number of hydrogen-bond acceptors (Lipinski definition) is 5. The Balaban J connectivity index is 1.53. The number of aryl methyl sites for hydroxylation is 1. The smallest absolute Gasteiger partial charge is 0.238 e. The van der Waals surface area contributed by atoms with Gasteiger partial charge in [-0.1, -0.05) is 41.9 Å². The summed E-state index contributed by atoms with van der Waals surface area (Å²) in [5.41, 5.74) is 2.17. The Labute approximate surface area is 182 Å². The molecule has 3 rings (SSSR count). The molecule has 1 amide bonds. The first kappa shape index (κ1) is 22.6. The predicted molar refractivity (Wildman–Crippen MR) is 118 cm³/mol. The van der Waals surface area contributed by atoms with Crippen molar-refractivity contribution in [1.29, 1.82) is 0 Å². The zero-order valence-electron chi connectivity index (χ0n) is 17.1. The van der Waals surface area contributed by atoms with Gasteiger partial charge in [-0.25, -0.2) is 8.42 Å². The highest BCUT2D eigenvalue weighted by Crippen LogP contribution is 2.30. The van der Waals surface area contributed by atoms with Crippen molar-refractivity contribution in [2.45, 2.75) is 12.7 Å². The third kappa shape index (κ3) is 5.72. The second kappa shape index (κ2) is 9.78. The molecular weight excluding hydrogens is 426 g/mol. The van der Waals surface area contributed by atoms with Gasteiger partial charge >= 0.3 is 0 Å². The van der Waals surface area contributed by atoms with E-state index in [1.807, 2.05) is 42.2 Å². The van der Waals surface area contributed by atoms with E-state index in [2.05, 4.69) is 5.32 Å². The fourth-order valence-electron chi connectivity index (χ4n) is 3.36. The standard InChI is InChI=1S/C21H26ClN3O4S/c1-16-12-19(20(29-2)13-18(16)22)23-21(26)14-24-8-10-25(11-9-24)30(27,28)15-17-6-4-3-5-7-17/h3-7,12-13H,8-11,14-15H2,1-2H3,(H,23,26). The Kier molecular flexibility index (Phi) is 7.36. The zero-order chi connectivity index (χ0) is 21.7. The van der Waals surface area contributed by atoms with Crippen molar-refractivity contribution >= 4 is 33.2 Å². The summed E-state index contributed by atoms with van der Waals surface area (Å²) in [6.45, 7) is 3.76. The average Bonchev–Trinajstić information content (AvgIpc) is 2.71. The fraction of sp³-hybridized carbons (Fsp3) is 0.381. The molecular formula is C21H26ClN3O4S. The second-order valence-corrected chi connectivity index (χ2v) is 9.64. The number of methoxy groups -OCH3 is 1. The van der Waals surface area contributed by atoms with Crippen LogP contribution in [0.2, 0.25) is 5.02 Å². The molecule has 0 spiro atoms. The fourth-order valence-corrected chi connectivity index (χ4v) is 5.03. The molecule has 1 aliphatic rings. The number of nitrogens with zero attached hydrogens (tertiary/aromatic N) is 2. The van der Waals surface area contributed by atoms with Crippen LogP contribution in [0.15, 0.2) is 42.5 Å². The zero-order valence-corrected chi connectivity index (χ0v) is 18.7. The quantitative estimate of drug-likeness (QED) is 0.700. The SMILES string of the molecule is COc1cc(Cl)c(C)cc1NC(=O)CN1CCN(S(=O)(=O)Cc2ccccc2)CC1. The largest absolute Gasteiger partial charge is 0.495 e. The number of nitrogens with one attached hydrogen (secondary N) is 1. The number of benzene rings is 2. The Morgan fingerprint density at radius 2 is 1.80 bits per heavy atom. The molecule has 1 heterocycles. The van der Waals surface area contributed by atoms with E-state index in [-0.39, 0.29) is 18.2 Å². The number of amides is 1. The van der Waals surface area contributed by atoms with E-state index in [0.29, 0.717) is 42.6 Å². The van der Waals surface area contributed by atoms with E-state index >= 15 is 0 Å². The number of sulfonamides is 1. The molecule has 1 fully saturated rings. The molecule has 1 saturated heterocycles. The third-order valence-electron chi connectivity index (χ3n) is 5.04. The number of carbonyl (C=O) groups is 1. The summed E-state index contributed by atoms with van der Waals surface area (Å²) in [4.78, 5) is 14.4.